The normalized spacial score (nSPS) is 12.7. The first kappa shape index (κ1) is 30.7. The van der Waals surface area contributed by atoms with Gasteiger partial charge >= 0.3 is 6.09 Å². The van der Waals surface area contributed by atoms with Gasteiger partial charge in [0.1, 0.15) is 17.7 Å². The van der Waals surface area contributed by atoms with Crippen LogP contribution in [0.3, 0.4) is 0 Å². The van der Waals surface area contributed by atoms with Crippen LogP contribution in [0.2, 0.25) is 5.02 Å². The van der Waals surface area contributed by atoms with Crippen molar-refractivity contribution in [2.75, 3.05) is 11.9 Å². The zero-order valence-corrected chi connectivity index (χ0v) is 24.0. The standard InChI is InChI=1S/C30H38ClN3O4/c1-9-21-15-11-12-16-22(21)26(27(35)33-25-20(5)14-13-17-23(25)31)34(10-2)28(36)24(18-19(3)4)32-29(37)38-30(6,7)8/h1,11-17,19,24,26H,10,18H2,2-8H3,(H,32,37)(H,33,35). The van der Waals surface area contributed by atoms with Crippen molar-refractivity contribution in [3.63, 3.8) is 0 Å². The molecule has 0 aromatic heterocycles. The molecule has 2 N–H and O–H groups in total. The van der Waals surface area contributed by atoms with Crippen molar-refractivity contribution >= 4 is 35.2 Å². The Morgan fingerprint density at radius 1 is 1.11 bits per heavy atom. The van der Waals surface area contributed by atoms with Gasteiger partial charge in [-0.05, 0) is 70.2 Å². The third-order valence-electron chi connectivity index (χ3n) is 5.76. The Kier molecular flexibility index (Phi) is 10.8. The number of halogens is 1. The summed E-state index contributed by atoms with van der Waals surface area (Å²) in [5, 5.41) is 6.00. The van der Waals surface area contributed by atoms with Crippen LogP contribution in [-0.4, -0.2) is 41.0 Å². The second-order valence-electron chi connectivity index (χ2n) is 10.5. The molecule has 204 valence electrons. The number of para-hydroxylation sites is 1. The molecule has 0 aliphatic heterocycles. The molecular formula is C30H38ClN3O4. The van der Waals surface area contributed by atoms with Gasteiger partial charge in [0.05, 0.1) is 10.7 Å². The first-order valence-electron chi connectivity index (χ1n) is 12.7. The van der Waals surface area contributed by atoms with Gasteiger partial charge in [-0.2, -0.15) is 0 Å². The van der Waals surface area contributed by atoms with E-state index in [9.17, 15) is 14.4 Å². The molecule has 2 rings (SSSR count). The number of alkyl carbamates (subject to hydrolysis) is 1. The third-order valence-corrected chi connectivity index (χ3v) is 6.08. The van der Waals surface area contributed by atoms with E-state index in [1.165, 1.54) is 4.90 Å². The Labute approximate surface area is 231 Å². The van der Waals surface area contributed by atoms with E-state index in [2.05, 4.69) is 16.6 Å². The van der Waals surface area contributed by atoms with Gasteiger partial charge in [-0.1, -0.05) is 61.7 Å². The number of ether oxygens (including phenoxy) is 1. The molecule has 0 aliphatic carbocycles. The molecule has 0 aliphatic rings. The van der Waals surface area contributed by atoms with E-state index < -0.39 is 35.6 Å². The van der Waals surface area contributed by atoms with Gasteiger partial charge in [-0.15, -0.1) is 6.42 Å². The SMILES string of the molecule is C#Cc1ccccc1C(C(=O)Nc1c(C)cccc1Cl)N(CC)C(=O)C(CC(C)C)NC(=O)OC(C)(C)C. The third kappa shape index (κ3) is 8.26. The second kappa shape index (κ2) is 13.3. The highest BCUT2D eigenvalue weighted by molar-refractivity contribution is 6.34. The number of benzene rings is 2. The number of anilines is 1. The highest BCUT2D eigenvalue weighted by atomic mass is 35.5. The first-order chi connectivity index (χ1) is 17.8. The smallest absolute Gasteiger partial charge is 0.408 e. The Morgan fingerprint density at radius 2 is 1.76 bits per heavy atom. The molecule has 0 heterocycles. The van der Waals surface area contributed by atoms with Crippen molar-refractivity contribution in [3.8, 4) is 12.3 Å². The molecule has 0 bridgehead atoms. The van der Waals surface area contributed by atoms with E-state index in [0.717, 1.165) is 5.56 Å². The van der Waals surface area contributed by atoms with Gasteiger partial charge in [0.15, 0.2) is 0 Å². The Morgan fingerprint density at radius 3 is 2.32 bits per heavy atom. The number of nitrogens with one attached hydrogen (secondary N) is 2. The fourth-order valence-corrected chi connectivity index (χ4v) is 4.38. The lowest BCUT2D eigenvalue weighted by atomic mass is 9.96. The number of carbonyl (C=O) groups excluding carboxylic acids is 3. The van der Waals surface area contributed by atoms with Crippen LogP contribution in [0, 0.1) is 25.2 Å². The van der Waals surface area contributed by atoms with Crippen LogP contribution in [0.15, 0.2) is 42.5 Å². The van der Waals surface area contributed by atoms with Crippen molar-refractivity contribution in [2.24, 2.45) is 5.92 Å². The molecule has 8 heteroatoms. The van der Waals surface area contributed by atoms with Gasteiger partial charge in [0.2, 0.25) is 5.91 Å². The van der Waals surface area contributed by atoms with Crippen molar-refractivity contribution in [1.29, 1.82) is 0 Å². The average molecular weight is 540 g/mol. The maximum absolute atomic E-state index is 14.0. The van der Waals surface area contributed by atoms with Crippen LogP contribution in [0.1, 0.15) is 70.7 Å². The molecule has 0 spiro atoms. The number of hydrogen-bond acceptors (Lipinski definition) is 4. The number of aryl methyl sites for hydroxylation is 1. The molecule has 3 amide bonds. The fraction of sp³-hybridized carbons (Fsp3) is 0.433. The fourth-order valence-electron chi connectivity index (χ4n) is 4.11. The minimum Gasteiger partial charge on any atom is -0.444 e. The van der Waals surface area contributed by atoms with Gasteiger partial charge < -0.3 is 20.3 Å². The maximum atomic E-state index is 14.0. The van der Waals surface area contributed by atoms with Crippen LogP contribution < -0.4 is 10.6 Å². The largest absolute Gasteiger partial charge is 0.444 e. The lowest BCUT2D eigenvalue weighted by Gasteiger charge is -2.34. The first-order valence-corrected chi connectivity index (χ1v) is 13.1. The molecular weight excluding hydrogens is 502 g/mol. The van der Waals surface area contributed by atoms with E-state index in [-0.39, 0.29) is 12.5 Å². The lowest BCUT2D eigenvalue weighted by Crippen LogP contribution is -2.52. The molecule has 2 aromatic carbocycles. The van der Waals surface area contributed by atoms with Crippen molar-refractivity contribution in [1.82, 2.24) is 10.2 Å². The van der Waals surface area contributed by atoms with Gasteiger partial charge in [0, 0.05) is 12.1 Å². The van der Waals surface area contributed by atoms with Gasteiger partial charge in [0.25, 0.3) is 5.91 Å². The quantitative estimate of drug-likeness (QED) is 0.377. The molecule has 2 unspecified atom stereocenters. The van der Waals surface area contributed by atoms with Gasteiger partial charge in [-0.3, -0.25) is 9.59 Å². The van der Waals surface area contributed by atoms with Crippen molar-refractivity contribution in [3.05, 3.63) is 64.2 Å². The Bertz CT molecular complexity index is 1180. The highest BCUT2D eigenvalue weighted by Gasteiger charge is 2.37. The van der Waals surface area contributed by atoms with Gasteiger partial charge in [-0.25, -0.2) is 4.79 Å². The summed E-state index contributed by atoms with van der Waals surface area (Å²) in [7, 11) is 0. The molecule has 0 fully saturated rings. The maximum Gasteiger partial charge on any atom is 0.408 e. The highest BCUT2D eigenvalue weighted by Crippen LogP contribution is 2.31. The number of hydrogen-bond donors (Lipinski definition) is 2. The summed E-state index contributed by atoms with van der Waals surface area (Å²) in [6.45, 7) is 12.9. The van der Waals surface area contributed by atoms with Crippen LogP contribution in [0.5, 0.6) is 0 Å². The number of carbonyl (C=O) groups is 3. The Balaban J connectivity index is 2.56. The summed E-state index contributed by atoms with van der Waals surface area (Å²) in [5.41, 5.74) is 1.47. The van der Waals surface area contributed by atoms with E-state index in [1.54, 1.807) is 64.1 Å². The molecule has 0 saturated carbocycles. The van der Waals surface area contributed by atoms with E-state index in [4.69, 9.17) is 22.8 Å². The molecule has 2 atom stereocenters. The Hall–Kier alpha value is -3.50. The van der Waals surface area contributed by atoms with Crippen LogP contribution in [-0.2, 0) is 14.3 Å². The van der Waals surface area contributed by atoms with E-state index >= 15 is 0 Å². The molecule has 2 aromatic rings. The molecule has 7 nitrogen and oxygen atoms in total. The zero-order valence-electron chi connectivity index (χ0n) is 23.2. The van der Waals surface area contributed by atoms with Crippen LogP contribution in [0.25, 0.3) is 0 Å². The molecule has 38 heavy (non-hydrogen) atoms. The second-order valence-corrected chi connectivity index (χ2v) is 10.9. The predicted octanol–water partition coefficient (Wildman–Crippen LogP) is 6.10. The summed E-state index contributed by atoms with van der Waals surface area (Å²) < 4.78 is 5.41. The predicted molar refractivity (Wildman–Crippen MR) is 152 cm³/mol. The van der Waals surface area contributed by atoms with E-state index in [1.807, 2.05) is 26.8 Å². The summed E-state index contributed by atoms with van der Waals surface area (Å²) in [5.74, 6) is 1.80. The minimum absolute atomic E-state index is 0.0774. The minimum atomic E-state index is -1.08. The van der Waals surface area contributed by atoms with Crippen molar-refractivity contribution in [2.45, 2.75) is 72.6 Å². The zero-order chi connectivity index (χ0) is 28.6. The molecule has 0 radical (unpaired) electrons. The van der Waals surface area contributed by atoms with Crippen molar-refractivity contribution < 1.29 is 19.1 Å². The summed E-state index contributed by atoms with van der Waals surface area (Å²) in [6, 6.07) is 10.3. The topological polar surface area (TPSA) is 87.7 Å². The summed E-state index contributed by atoms with van der Waals surface area (Å²) in [4.78, 5) is 42.0. The van der Waals surface area contributed by atoms with Crippen LogP contribution >= 0.6 is 11.6 Å². The number of nitrogens with zero attached hydrogens (tertiary/aromatic N) is 1. The number of terminal acetylenes is 1. The van der Waals surface area contributed by atoms with E-state index in [0.29, 0.717) is 28.3 Å². The summed E-state index contributed by atoms with van der Waals surface area (Å²) >= 11 is 6.39. The number of likely N-dealkylation sites (N-methyl/N-ethyl adjacent to an activating group) is 1. The average Bonchev–Trinajstić information content (AvgIpc) is 2.82. The lowest BCUT2D eigenvalue weighted by molar-refractivity contribution is -0.140. The monoisotopic (exact) mass is 539 g/mol. The summed E-state index contributed by atoms with van der Waals surface area (Å²) in [6.07, 6.45) is 5.42. The van der Waals surface area contributed by atoms with Crippen LogP contribution in [0.4, 0.5) is 10.5 Å². The molecule has 0 saturated heterocycles. The number of rotatable bonds is 9. The number of amides is 3.